The Bertz CT molecular complexity index is 566. The first-order chi connectivity index (χ1) is 9.13. The van der Waals surface area contributed by atoms with Gasteiger partial charge in [0.15, 0.2) is 0 Å². The van der Waals surface area contributed by atoms with Gasteiger partial charge in [0.1, 0.15) is 5.82 Å². The molecule has 3 heteroatoms. The zero-order chi connectivity index (χ0) is 13.8. The Morgan fingerprint density at radius 2 is 1.84 bits per heavy atom. The highest BCUT2D eigenvalue weighted by Gasteiger charge is 2.18. The van der Waals surface area contributed by atoms with Gasteiger partial charge in [-0.2, -0.15) is 0 Å². The van der Waals surface area contributed by atoms with Gasteiger partial charge in [0, 0.05) is 17.0 Å². The number of nitrogens with one attached hydrogen (secondary N) is 1. The summed E-state index contributed by atoms with van der Waals surface area (Å²) in [6.45, 7) is 6.72. The van der Waals surface area contributed by atoms with Gasteiger partial charge >= 0.3 is 0 Å². The van der Waals surface area contributed by atoms with Gasteiger partial charge in [-0.25, -0.2) is 4.39 Å². The summed E-state index contributed by atoms with van der Waals surface area (Å²) >= 11 is 0. The molecule has 0 spiro atoms. The topological polar surface area (TPSA) is 24.9 Å². The number of nitrogens with zero attached hydrogens (tertiary/aromatic N) is 1. The molecule has 0 amide bonds. The molecule has 0 fully saturated rings. The summed E-state index contributed by atoms with van der Waals surface area (Å²) < 4.78 is 14.0. The van der Waals surface area contributed by atoms with Gasteiger partial charge in [-0.3, -0.25) is 4.98 Å². The maximum absolute atomic E-state index is 14.0. The normalized spacial score (nSPS) is 12.4. The van der Waals surface area contributed by atoms with Crippen LogP contribution in [0.15, 0.2) is 36.4 Å². The van der Waals surface area contributed by atoms with Gasteiger partial charge in [-0.1, -0.05) is 31.2 Å². The summed E-state index contributed by atoms with van der Waals surface area (Å²) in [6, 6.07) is 10.7. The van der Waals surface area contributed by atoms with Gasteiger partial charge in [0.25, 0.3) is 0 Å². The van der Waals surface area contributed by atoms with Crippen molar-refractivity contribution in [3.8, 4) is 0 Å². The summed E-state index contributed by atoms with van der Waals surface area (Å²) in [6.07, 6.45) is 0. The Morgan fingerprint density at radius 3 is 2.47 bits per heavy atom. The molecule has 2 aromatic rings. The molecule has 1 atom stereocenters. The number of halogens is 1. The minimum Gasteiger partial charge on any atom is -0.306 e. The van der Waals surface area contributed by atoms with E-state index in [0.29, 0.717) is 5.56 Å². The smallest absolute Gasteiger partial charge is 0.128 e. The molecule has 0 radical (unpaired) electrons. The standard InChI is InChI=1S/C16H19FN2/c1-4-18-16(14-7-5-6-8-15(14)17)13-10-9-11(2)19-12(13)3/h5-10,16,18H,4H2,1-3H3. The molecule has 1 aromatic heterocycles. The second kappa shape index (κ2) is 5.93. The van der Waals surface area contributed by atoms with Crippen molar-refractivity contribution in [3.63, 3.8) is 0 Å². The number of pyridine rings is 1. The Hall–Kier alpha value is -1.74. The van der Waals surface area contributed by atoms with E-state index in [-0.39, 0.29) is 11.9 Å². The Balaban J connectivity index is 2.48. The van der Waals surface area contributed by atoms with Crippen molar-refractivity contribution in [1.29, 1.82) is 0 Å². The molecule has 0 saturated carbocycles. The number of hydrogen-bond acceptors (Lipinski definition) is 2. The van der Waals surface area contributed by atoms with E-state index in [1.807, 2.05) is 45.0 Å². The van der Waals surface area contributed by atoms with E-state index >= 15 is 0 Å². The predicted molar refractivity (Wildman–Crippen MR) is 75.6 cm³/mol. The molecule has 1 heterocycles. The van der Waals surface area contributed by atoms with Gasteiger partial charge in [0.2, 0.25) is 0 Å². The summed E-state index contributed by atoms with van der Waals surface area (Å²) in [4.78, 5) is 4.47. The molecule has 1 N–H and O–H groups in total. The second-order valence-electron chi connectivity index (χ2n) is 4.64. The van der Waals surface area contributed by atoms with Crippen LogP contribution in [0.5, 0.6) is 0 Å². The number of hydrogen-bond donors (Lipinski definition) is 1. The number of aromatic nitrogens is 1. The molecule has 19 heavy (non-hydrogen) atoms. The molecule has 0 aliphatic rings. The van der Waals surface area contributed by atoms with E-state index in [9.17, 15) is 4.39 Å². The average Bonchev–Trinajstić information content (AvgIpc) is 2.38. The van der Waals surface area contributed by atoms with Crippen molar-refractivity contribution < 1.29 is 4.39 Å². The third-order valence-corrected chi connectivity index (χ3v) is 3.20. The quantitative estimate of drug-likeness (QED) is 0.907. The molecule has 0 aliphatic carbocycles. The van der Waals surface area contributed by atoms with Crippen LogP contribution in [0.3, 0.4) is 0 Å². The summed E-state index contributed by atoms with van der Waals surface area (Å²) in [5, 5.41) is 3.34. The lowest BCUT2D eigenvalue weighted by Gasteiger charge is -2.21. The summed E-state index contributed by atoms with van der Waals surface area (Å²) in [5.41, 5.74) is 3.61. The average molecular weight is 258 g/mol. The second-order valence-corrected chi connectivity index (χ2v) is 4.64. The zero-order valence-electron chi connectivity index (χ0n) is 11.6. The van der Waals surface area contributed by atoms with Gasteiger partial charge in [0.05, 0.1) is 6.04 Å². The highest BCUT2D eigenvalue weighted by molar-refractivity contribution is 5.35. The molecule has 1 unspecified atom stereocenters. The van der Waals surface area contributed by atoms with Crippen LogP contribution in [0.4, 0.5) is 4.39 Å². The zero-order valence-corrected chi connectivity index (χ0v) is 11.6. The lowest BCUT2D eigenvalue weighted by molar-refractivity contribution is 0.556. The van der Waals surface area contributed by atoms with Crippen LogP contribution in [-0.4, -0.2) is 11.5 Å². The summed E-state index contributed by atoms with van der Waals surface area (Å²) in [7, 11) is 0. The van der Waals surface area contributed by atoms with Gasteiger partial charge in [-0.05, 0) is 38.1 Å². The van der Waals surface area contributed by atoms with Crippen LogP contribution >= 0.6 is 0 Å². The predicted octanol–water partition coefficient (Wildman–Crippen LogP) is 3.54. The maximum Gasteiger partial charge on any atom is 0.128 e. The van der Waals surface area contributed by atoms with Crippen molar-refractivity contribution in [2.24, 2.45) is 0 Å². The molecular weight excluding hydrogens is 239 g/mol. The largest absolute Gasteiger partial charge is 0.306 e. The molecular formula is C16H19FN2. The van der Waals surface area contributed by atoms with E-state index in [2.05, 4.69) is 10.3 Å². The van der Waals surface area contributed by atoms with E-state index in [1.54, 1.807) is 6.07 Å². The third-order valence-electron chi connectivity index (χ3n) is 3.20. The maximum atomic E-state index is 14.0. The Labute approximate surface area is 113 Å². The Morgan fingerprint density at radius 1 is 1.11 bits per heavy atom. The third kappa shape index (κ3) is 2.99. The van der Waals surface area contributed by atoms with Crippen LogP contribution in [-0.2, 0) is 0 Å². The van der Waals surface area contributed by atoms with E-state index in [1.165, 1.54) is 6.07 Å². The van der Waals surface area contributed by atoms with Gasteiger partial charge < -0.3 is 5.32 Å². The molecule has 0 aliphatic heterocycles. The van der Waals surface area contributed by atoms with Crippen molar-refractivity contribution in [2.45, 2.75) is 26.8 Å². The lowest BCUT2D eigenvalue weighted by Crippen LogP contribution is -2.24. The molecule has 0 bridgehead atoms. The first-order valence-electron chi connectivity index (χ1n) is 6.55. The lowest BCUT2D eigenvalue weighted by atomic mass is 9.97. The van der Waals surface area contributed by atoms with E-state index in [0.717, 1.165) is 23.5 Å². The molecule has 0 saturated heterocycles. The molecule has 100 valence electrons. The van der Waals surface area contributed by atoms with Crippen LogP contribution in [0.2, 0.25) is 0 Å². The monoisotopic (exact) mass is 258 g/mol. The molecule has 2 nitrogen and oxygen atoms in total. The van der Waals surface area contributed by atoms with Crippen molar-refractivity contribution >= 4 is 0 Å². The fourth-order valence-electron chi connectivity index (χ4n) is 2.30. The van der Waals surface area contributed by atoms with Gasteiger partial charge in [-0.15, -0.1) is 0 Å². The van der Waals surface area contributed by atoms with Crippen molar-refractivity contribution in [3.05, 3.63) is 64.7 Å². The first-order valence-corrected chi connectivity index (χ1v) is 6.55. The van der Waals surface area contributed by atoms with Crippen LogP contribution in [0.25, 0.3) is 0 Å². The minimum atomic E-state index is -0.187. The van der Waals surface area contributed by atoms with Crippen LogP contribution < -0.4 is 5.32 Å². The first kappa shape index (κ1) is 13.7. The molecule has 1 aromatic carbocycles. The van der Waals surface area contributed by atoms with Crippen LogP contribution in [0, 0.1) is 19.7 Å². The van der Waals surface area contributed by atoms with E-state index in [4.69, 9.17) is 0 Å². The number of benzene rings is 1. The molecule has 2 rings (SSSR count). The summed E-state index contributed by atoms with van der Waals surface area (Å²) in [5.74, 6) is -0.187. The Kier molecular flexibility index (Phi) is 4.27. The number of rotatable bonds is 4. The van der Waals surface area contributed by atoms with Crippen molar-refractivity contribution in [2.75, 3.05) is 6.54 Å². The highest BCUT2D eigenvalue weighted by Crippen LogP contribution is 2.26. The highest BCUT2D eigenvalue weighted by atomic mass is 19.1. The number of aryl methyl sites for hydroxylation is 2. The van der Waals surface area contributed by atoms with Crippen molar-refractivity contribution in [1.82, 2.24) is 10.3 Å². The van der Waals surface area contributed by atoms with Crippen LogP contribution in [0.1, 0.15) is 35.5 Å². The minimum absolute atomic E-state index is 0.153. The fraction of sp³-hybridized carbons (Fsp3) is 0.312. The fourth-order valence-corrected chi connectivity index (χ4v) is 2.30. The SMILES string of the molecule is CCNC(c1ccccc1F)c1ccc(C)nc1C. The van der Waals surface area contributed by atoms with E-state index < -0.39 is 0 Å².